The van der Waals surface area contributed by atoms with Gasteiger partial charge in [-0.25, -0.2) is 0 Å². The molecule has 0 heterocycles. The fourth-order valence-electron chi connectivity index (χ4n) is 9.91. The first-order valence-corrected chi connectivity index (χ1v) is 15.1. The van der Waals surface area contributed by atoms with Crippen LogP contribution in [0.25, 0.3) is 0 Å². The van der Waals surface area contributed by atoms with E-state index in [2.05, 4.69) is 20.8 Å². The van der Waals surface area contributed by atoms with Crippen molar-refractivity contribution in [3.8, 4) is 0 Å². The summed E-state index contributed by atoms with van der Waals surface area (Å²) in [4.78, 5) is 24.4. The summed E-state index contributed by atoms with van der Waals surface area (Å²) in [5.41, 5.74) is 0.271. The van der Waals surface area contributed by atoms with E-state index in [1.54, 1.807) is 0 Å². The number of rotatable bonds is 11. The molecule has 4 saturated carbocycles. The Morgan fingerprint density at radius 3 is 2.43 bits per heavy atom. The van der Waals surface area contributed by atoms with Gasteiger partial charge in [-0.1, -0.05) is 59.3 Å². The number of fused-ring (bicyclic) bond motifs is 5. The van der Waals surface area contributed by atoms with Crippen molar-refractivity contribution < 1.29 is 19.8 Å². The Bertz CT molecular complexity index is 748. The predicted molar refractivity (Wildman–Crippen MR) is 140 cm³/mol. The lowest BCUT2D eigenvalue weighted by Gasteiger charge is -2.63. The van der Waals surface area contributed by atoms with Crippen molar-refractivity contribution >= 4 is 11.8 Å². The summed E-state index contributed by atoms with van der Waals surface area (Å²) in [6.45, 7) is 7.16. The Hall–Kier alpha value is -0.900. The molecule has 4 fully saturated rings. The molecule has 0 spiro atoms. The van der Waals surface area contributed by atoms with Crippen LogP contribution < -0.4 is 0 Å². The SMILES string of the molecule is CCCCCCCC(CCCC(=O)O)C1CC(=O)CC2CC[C@@H]3[C@H](CC[C@]4(C)[C@@H](O)CC[C@@H]34)[C@]21C. The normalized spacial score (nSPS) is 41.7. The van der Waals surface area contributed by atoms with E-state index in [0.717, 1.165) is 38.5 Å². The third-order valence-corrected chi connectivity index (χ3v) is 11.8. The number of carboxylic acids is 1. The van der Waals surface area contributed by atoms with E-state index in [1.165, 1.54) is 57.8 Å². The lowest BCUT2D eigenvalue weighted by molar-refractivity contribution is -0.165. The zero-order valence-corrected chi connectivity index (χ0v) is 22.8. The molecule has 4 heteroatoms. The number of carbonyl (C=O) groups excluding carboxylic acids is 1. The van der Waals surface area contributed by atoms with Crippen molar-refractivity contribution in [2.45, 2.75) is 136 Å². The molecular weight excluding hydrogens is 436 g/mol. The summed E-state index contributed by atoms with van der Waals surface area (Å²) < 4.78 is 0. The maximum atomic E-state index is 13.1. The molecule has 0 amide bonds. The number of Topliss-reactive ketones (excluding diaryl/α,β-unsaturated/α-hetero) is 1. The number of carboxylic acid groups (broad SMARTS) is 1. The number of carbonyl (C=O) groups is 2. The second-order valence-electron chi connectivity index (χ2n) is 13.5. The third kappa shape index (κ3) is 5.25. The number of aliphatic hydroxyl groups is 1. The Labute approximate surface area is 214 Å². The molecule has 0 saturated heterocycles. The highest BCUT2D eigenvalue weighted by Crippen LogP contribution is 2.68. The van der Waals surface area contributed by atoms with Crippen molar-refractivity contribution in [1.29, 1.82) is 0 Å². The van der Waals surface area contributed by atoms with Crippen molar-refractivity contribution in [2.75, 3.05) is 0 Å². The van der Waals surface area contributed by atoms with Crippen LogP contribution >= 0.6 is 0 Å². The van der Waals surface area contributed by atoms with Crippen LogP contribution in [0.15, 0.2) is 0 Å². The molecule has 2 N–H and O–H groups in total. The monoisotopic (exact) mass is 488 g/mol. The van der Waals surface area contributed by atoms with E-state index >= 15 is 0 Å². The largest absolute Gasteiger partial charge is 0.481 e. The van der Waals surface area contributed by atoms with Gasteiger partial charge in [-0.2, -0.15) is 0 Å². The van der Waals surface area contributed by atoms with Crippen LogP contribution in [0.3, 0.4) is 0 Å². The number of aliphatic hydroxyl groups excluding tert-OH is 1. The molecule has 4 nitrogen and oxygen atoms in total. The predicted octanol–water partition coefficient (Wildman–Crippen LogP) is 7.42. The van der Waals surface area contributed by atoms with E-state index in [4.69, 9.17) is 0 Å². The highest BCUT2D eigenvalue weighted by molar-refractivity contribution is 5.80. The molecule has 35 heavy (non-hydrogen) atoms. The first-order valence-electron chi connectivity index (χ1n) is 15.1. The van der Waals surface area contributed by atoms with Crippen LogP contribution in [0.2, 0.25) is 0 Å². The molecule has 200 valence electrons. The topological polar surface area (TPSA) is 74.6 Å². The first kappa shape index (κ1) is 27.1. The van der Waals surface area contributed by atoms with Crippen LogP contribution in [0.4, 0.5) is 0 Å². The van der Waals surface area contributed by atoms with Gasteiger partial charge >= 0.3 is 5.97 Å². The second kappa shape index (κ2) is 11.2. The minimum Gasteiger partial charge on any atom is -0.481 e. The Kier molecular flexibility index (Phi) is 8.71. The van der Waals surface area contributed by atoms with Crippen molar-refractivity contribution in [3.05, 3.63) is 0 Å². The molecule has 0 aliphatic heterocycles. The molecule has 9 atom stereocenters. The maximum absolute atomic E-state index is 13.1. The Morgan fingerprint density at radius 2 is 1.69 bits per heavy atom. The van der Waals surface area contributed by atoms with E-state index in [9.17, 15) is 19.8 Å². The molecule has 0 aromatic carbocycles. The number of unbranched alkanes of at least 4 members (excludes halogenated alkanes) is 4. The number of hydrogen-bond acceptors (Lipinski definition) is 3. The highest BCUT2D eigenvalue weighted by atomic mass is 16.4. The summed E-state index contributed by atoms with van der Waals surface area (Å²) in [7, 11) is 0. The van der Waals surface area contributed by atoms with Gasteiger partial charge in [0.05, 0.1) is 6.10 Å². The Morgan fingerprint density at radius 1 is 0.943 bits per heavy atom. The van der Waals surface area contributed by atoms with Crippen molar-refractivity contribution in [3.63, 3.8) is 0 Å². The third-order valence-electron chi connectivity index (χ3n) is 11.8. The average Bonchev–Trinajstić information content (AvgIpc) is 3.12. The summed E-state index contributed by atoms with van der Waals surface area (Å²) in [6.07, 6.45) is 17.6. The van der Waals surface area contributed by atoms with E-state index in [0.29, 0.717) is 47.7 Å². The molecule has 3 unspecified atom stereocenters. The first-order chi connectivity index (χ1) is 16.7. The zero-order valence-electron chi connectivity index (χ0n) is 22.8. The quantitative estimate of drug-likeness (QED) is 0.297. The van der Waals surface area contributed by atoms with Gasteiger partial charge in [0, 0.05) is 19.3 Å². The molecule has 0 bridgehead atoms. The molecule has 0 aromatic rings. The summed E-state index contributed by atoms with van der Waals surface area (Å²) >= 11 is 0. The Balaban J connectivity index is 1.57. The average molecular weight is 489 g/mol. The molecule has 4 aliphatic carbocycles. The second-order valence-corrected chi connectivity index (χ2v) is 13.5. The summed E-state index contributed by atoms with van der Waals surface area (Å²) in [5.74, 6) is 3.10. The summed E-state index contributed by atoms with van der Waals surface area (Å²) in [6, 6.07) is 0. The minimum absolute atomic E-state index is 0.0878. The fourth-order valence-corrected chi connectivity index (χ4v) is 9.91. The van der Waals surface area contributed by atoms with E-state index in [-0.39, 0.29) is 23.4 Å². The fraction of sp³-hybridized carbons (Fsp3) is 0.935. The number of ketones is 1. The van der Waals surface area contributed by atoms with Gasteiger partial charge in [-0.3, -0.25) is 9.59 Å². The molecular formula is C31H52O4. The molecule has 4 aliphatic rings. The van der Waals surface area contributed by atoms with Gasteiger partial charge in [-0.05, 0) is 97.7 Å². The van der Waals surface area contributed by atoms with Crippen molar-refractivity contribution in [1.82, 2.24) is 0 Å². The van der Waals surface area contributed by atoms with Crippen LogP contribution in [0, 0.1) is 46.3 Å². The summed E-state index contributed by atoms with van der Waals surface area (Å²) in [5, 5.41) is 20.2. The number of hydrogen-bond donors (Lipinski definition) is 2. The van der Waals surface area contributed by atoms with Gasteiger partial charge in [0.25, 0.3) is 0 Å². The van der Waals surface area contributed by atoms with Gasteiger partial charge < -0.3 is 10.2 Å². The van der Waals surface area contributed by atoms with Crippen molar-refractivity contribution in [2.24, 2.45) is 46.3 Å². The van der Waals surface area contributed by atoms with Gasteiger partial charge in [0.15, 0.2) is 0 Å². The number of aliphatic carboxylic acids is 1. The standard InChI is InChI=1S/C31H52O4/c1-4-5-6-7-8-10-21(11-9-12-29(34)35)27-20-23(32)19-22-13-14-24-25-15-16-28(33)30(25,2)18-17-26(24)31(22,27)3/h21-22,24-28,33H,4-20H2,1-3H3,(H,34,35)/t21?,22?,24-,25-,26-,27?,28-,30-,31-/m0/s1. The van der Waals surface area contributed by atoms with E-state index in [1.807, 2.05) is 0 Å². The van der Waals surface area contributed by atoms with Gasteiger partial charge in [-0.15, -0.1) is 0 Å². The van der Waals surface area contributed by atoms with Crippen LogP contribution in [0.1, 0.15) is 130 Å². The lowest BCUT2D eigenvalue weighted by atomic mass is 9.41. The van der Waals surface area contributed by atoms with Crippen LogP contribution in [-0.2, 0) is 9.59 Å². The van der Waals surface area contributed by atoms with Gasteiger partial charge in [0.1, 0.15) is 5.78 Å². The van der Waals surface area contributed by atoms with Crippen LogP contribution in [-0.4, -0.2) is 28.1 Å². The lowest BCUT2D eigenvalue weighted by Crippen LogP contribution is -2.58. The molecule has 0 aromatic heterocycles. The molecule has 0 radical (unpaired) electrons. The smallest absolute Gasteiger partial charge is 0.303 e. The maximum Gasteiger partial charge on any atom is 0.303 e. The molecule has 4 rings (SSSR count). The zero-order chi connectivity index (χ0) is 25.2. The highest BCUT2D eigenvalue weighted by Gasteiger charge is 2.62. The van der Waals surface area contributed by atoms with Gasteiger partial charge in [0.2, 0.25) is 0 Å². The minimum atomic E-state index is -0.695. The van der Waals surface area contributed by atoms with E-state index < -0.39 is 5.97 Å². The van der Waals surface area contributed by atoms with Crippen LogP contribution in [0.5, 0.6) is 0 Å².